The predicted molar refractivity (Wildman–Crippen MR) is 82.9 cm³/mol. The fourth-order valence-corrected chi connectivity index (χ4v) is 4.55. The van der Waals surface area contributed by atoms with E-state index in [1.165, 1.54) is 4.31 Å². The van der Waals surface area contributed by atoms with Crippen molar-refractivity contribution >= 4 is 31.8 Å². The first-order valence-electron chi connectivity index (χ1n) is 6.60. The first kappa shape index (κ1) is 15.8. The number of aliphatic hydroxyl groups is 1. The molecule has 1 aliphatic rings. The normalized spacial score (nSPS) is 20.9. The number of rotatable bonds is 4. The van der Waals surface area contributed by atoms with Gasteiger partial charge in [0.05, 0.1) is 12.3 Å². The highest BCUT2D eigenvalue weighted by Gasteiger charge is 2.31. The highest BCUT2D eigenvalue weighted by atomic mass is 79.9. The maximum absolute atomic E-state index is 12.4. The van der Waals surface area contributed by atoms with Crippen molar-refractivity contribution < 1.29 is 13.5 Å². The first-order chi connectivity index (χ1) is 9.42. The van der Waals surface area contributed by atoms with E-state index in [9.17, 15) is 13.5 Å². The fraction of sp³-hybridized carbons (Fsp3) is 0.538. The Morgan fingerprint density at radius 2 is 2.15 bits per heavy atom. The van der Waals surface area contributed by atoms with Crippen LogP contribution in [0.15, 0.2) is 22.7 Å². The van der Waals surface area contributed by atoms with Crippen LogP contribution < -0.4 is 4.72 Å². The van der Waals surface area contributed by atoms with E-state index in [4.69, 9.17) is 0 Å². The van der Waals surface area contributed by atoms with Crippen LogP contribution in [0.4, 0.5) is 5.69 Å². The van der Waals surface area contributed by atoms with E-state index in [0.717, 1.165) is 22.9 Å². The number of piperidine rings is 1. The van der Waals surface area contributed by atoms with Crippen LogP contribution in [0.1, 0.15) is 24.8 Å². The third-order valence-corrected chi connectivity index (χ3v) is 5.43. The molecule has 1 aromatic carbocycles. The third-order valence-electron chi connectivity index (χ3n) is 3.38. The maximum Gasteiger partial charge on any atom is 0.301 e. The van der Waals surface area contributed by atoms with Crippen molar-refractivity contribution in [3.8, 4) is 0 Å². The van der Waals surface area contributed by atoms with Gasteiger partial charge in [-0.2, -0.15) is 12.7 Å². The molecule has 1 aliphatic heterocycles. The summed E-state index contributed by atoms with van der Waals surface area (Å²) in [6.07, 6.45) is 2.48. The van der Waals surface area contributed by atoms with Crippen LogP contribution in [0.25, 0.3) is 0 Å². The average Bonchev–Trinajstić information content (AvgIpc) is 2.36. The molecule has 20 heavy (non-hydrogen) atoms. The number of aryl methyl sites for hydroxylation is 1. The first-order valence-corrected chi connectivity index (χ1v) is 8.83. The van der Waals surface area contributed by atoms with Gasteiger partial charge in [-0.25, -0.2) is 0 Å². The summed E-state index contributed by atoms with van der Waals surface area (Å²) in [4.78, 5) is 0. The molecule has 0 aliphatic carbocycles. The Balaban J connectivity index is 2.21. The summed E-state index contributed by atoms with van der Waals surface area (Å²) in [6, 6.07) is 5.09. The molecule has 1 atom stereocenters. The number of nitrogens with zero attached hydrogens (tertiary/aromatic N) is 1. The number of aliphatic hydroxyl groups excluding tert-OH is 1. The Bertz CT molecular complexity index is 557. The molecule has 0 saturated carbocycles. The lowest BCUT2D eigenvalue weighted by molar-refractivity contribution is 0.156. The zero-order valence-electron chi connectivity index (χ0n) is 11.3. The smallest absolute Gasteiger partial charge is 0.301 e. The topological polar surface area (TPSA) is 69.6 Å². The molecule has 0 radical (unpaired) electrons. The molecule has 0 aromatic heterocycles. The molecular formula is C13H19BrN2O3S. The van der Waals surface area contributed by atoms with E-state index in [0.29, 0.717) is 18.7 Å². The van der Waals surface area contributed by atoms with Crippen molar-refractivity contribution in [2.45, 2.75) is 32.2 Å². The molecule has 0 bridgehead atoms. The quantitative estimate of drug-likeness (QED) is 0.862. The van der Waals surface area contributed by atoms with Crippen molar-refractivity contribution in [2.75, 3.05) is 17.9 Å². The highest BCUT2D eigenvalue weighted by Crippen LogP contribution is 2.24. The van der Waals surface area contributed by atoms with Crippen LogP contribution in [0.5, 0.6) is 0 Å². The lowest BCUT2D eigenvalue weighted by Gasteiger charge is -2.33. The summed E-state index contributed by atoms with van der Waals surface area (Å²) in [5.74, 6) is 0. The lowest BCUT2D eigenvalue weighted by Crippen LogP contribution is -2.47. The molecule has 1 heterocycles. The van der Waals surface area contributed by atoms with Gasteiger partial charge in [-0.05, 0) is 43.5 Å². The summed E-state index contributed by atoms with van der Waals surface area (Å²) in [6.45, 7) is 2.21. The van der Waals surface area contributed by atoms with Gasteiger partial charge in [0.25, 0.3) is 0 Å². The van der Waals surface area contributed by atoms with Gasteiger partial charge in [0.1, 0.15) is 0 Å². The van der Waals surface area contributed by atoms with Gasteiger partial charge in [-0.15, -0.1) is 0 Å². The Morgan fingerprint density at radius 3 is 2.80 bits per heavy atom. The predicted octanol–water partition coefficient (Wildman–Crippen LogP) is 2.26. The summed E-state index contributed by atoms with van der Waals surface area (Å²) >= 11 is 3.35. The zero-order valence-corrected chi connectivity index (χ0v) is 13.7. The minimum Gasteiger partial charge on any atom is -0.395 e. The van der Waals surface area contributed by atoms with Crippen LogP contribution in [0, 0.1) is 6.92 Å². The lowest BCUT2D eigenvalue weighted by atomic mass is 10.1. The number of hydrogen-bond acceptors (Lipinski definition) is 3. The van der Waals surface area contributed by atoms with Crippen LogP contribution in [0.2, 0.25) is 0 Å². The number of halogens is 1. The second-order valence-electron chi connectivity index (χ2n) is 5.07. The van der Waals surface area contributed by atoms with Crippen LogP contribution >= 0.6 is 15.9 Å². The van der Waals surface area contributed by atoms with Gasteiger partial charge >= 0.3 is 10.2 Å². The Morgan fingerprint density at radius 1 is 1.40 bits per heavy atom. The Kier molecular flexibility index (Phi) is 5.06. The fourth-order valence-electron chi connectivity index (χ4n) is 2.48. The molecule has 1 unspecified atom stereocenters. The van der Waals surface area contributed by atoms with Gasteiger partial charge in [-0.3, -0.25) is 4.72 Å². The van der Waals surface area contributed by atoms with E-state index in [-0.39, 0.29) is 12.6 Å². The molecule has 5 nitrogen and oxygen atoms in total. The SMILES string of the molecule is Cc1cc(Br)cc(NS(=O)(=O)N2CCCCC2CO)c1. The molecule has 0 spiro atoms. The molecule has 7 heteroatoms. The zero-order chi connectivity index (χ0) is 14.8. The second-order valence-corrected chi connectivity index (χ2v) is 7.61. The molecule has 1 saturated heterocycles. The molecular weight excluding hydrogens is 344 g/mol. The van der Waals surface area contributed by atoms with Crippen molar-refractivity contribution in [1.82, 2.24) is 4.31 Å². The number of anilines is 1. The van der Waals surface area contributed by atoms with Gasteiger partial charge in [-0.1, -0.05) is 22.4 Å². The summed E-state index contributed by atoms with van der Waals surface area (Å²) in [5.41, 5.74) is 1.49. The van der Waals surface area contributed by atoms with E-state index in [1.54, 1.807) is 12.1 Å². The number of nitrogens with one attached hydrogen (secondary N) is 1. The van der Waals surface area contributed by atoms with Crippen LogP contribution in [-0.4, -0.2) is 37.0 Å². The van der Waals surface area contributed by atoms with Crippen molar-refractivity contribution in [3.05, 3.63) is 28.2 Å². The van der Waals surface area contributed by atoms with Gasteiger partial charge in [0.15, 0.2) is 0 Å². The van der Waals surface area contributed by atoms with Gasteiger partial charge in [0.2, 0.25) is 0 Å². The summed E-state index contributed by atoms with van der Waals surface area (Å²) in [5, 5.41) is 9.34. The van der Waals surface area contributed by atoms with E-state index >= 15 is 0 Å². The van der Waals surface area contributed by atoms with E-state index < -0.39 is 10.2 Å². The van der Waals surface area contributed by atoms with Gasteiger partial charge in [0, 0.05) is 17.1 Å². The van der Waals surface area contributed by atoms with E-state index in [2.05, 4.69) is 20.7 Å². The Hall–Kier alpha value is -0.630. The van der Waals surface area contributed by atoms with E-state index in [1.807, 2.05) is 13.0 Å². The molecule has 2 rings (SSSR count). The molecule has 1 aromatic rings. The van der Waals surface area contributed by atoms with Crippen molar-refractivity contribution in [3.63, 3.8) is 0 Å². The third kappa shape index (κ3) is 3.72. The van der Waals surface area contributed by atoms with Crippen molar-refractivity contribution in [2.24, 2.45) is 0 Å². The molecule has 2 N–H and O–H groups in total. The van der Waals surface area contributed by atoms with Crippen LogP contribution in [0.3, 0.4) is 0 Å². The summed E-state index contributed by atoms with van der Waals surface area (Å²) < 4.78 is 29.7. The Labute approximate surface area is 128 Å². The summed E-state index contributed by atoms with van der Waals surface area (Å²) in [7, 11) is -3.63. The standard InChI is InChI=1S/C13H19BrN2O3S/c1-10-6-11(14)8-12(7-10)15-20(18,19)16-5-3-2-4-13(16)9-17/h6-8,13,15,17H,2-5,9H2,1H3. The monoisotopic (exact) mass is 362 g/mol. The van der Waals surface area contributed by atoms with Crippen LogP contribution in [-0.2, 0) is 10.2 Å². The number of benzene rings is 1. The highest BCUT2D eigenvalue weighted by molar-refractivity contribution is 9.10. The molecule has 0 amide bonds. The van der Waals surface area contributed by atoms with Gasteiger partial charge < -0.3 is 5.11 Å². The largest absolute Gasteiger partial charge is 0.395 e. The van der Waals surface area contributed by atoms with Crippen molar-refractivity contribution in [1.29, 1.82) is 0 Å². The number of hydrogen-bond donors (Lipinski definition) is 2. The minimum atomic E-state index is -3.63. The molecule has 1 fully saturated rings. The maximum atomic E-state index is 12.4. The average molecular weight is 363 g/mol. The minimum absolute atomic E-state index is 0.140. The molecule has 112 valence electrons. The second kappa shape index (κ2) is 6.43.